The highest BCUT2D eigenvalue weighted by atomic mass is 32.1. The van der Waals surface area contributed by atoms with Crippen LogP contribution in [0, 0.1) is 11.8 Å². The Bertz CT molecular complexity index is 114. The van der Waals surface area contributed by atoms with Crippen molar-refractivity contribution in [2.45, 2.75) is 25.7 Å². The first kappa shape index (κ1) is 8.15. The maximum absolute atomic E-state index is 5.57. The largest absolute Gasteiger partial charge is 0.330 e. The molecule has 10 heavy (non-hydrogen) atoms. The summed E-state index contributed by atoms with van der Waals surface area (Å²) in [6, 6.07) is 0. The number of nitrogens with two attached hydrogens (primary N) is 1. The van der Waals surface area contributed by atoms with E-state index in [0.717, 1.165) is 12.5 Å². The molecule has 0 saturated heterocycles. The molecule has 0 amide bonds. The lowest BCUT2D eigenvalue weighted by molar-refractivity contribution is 0.329. The number of hydrogen-bond donors (Lipinski definition) is 1. The van der Waals surface area contributed by atoms with Crippen LogP contribution in [0.3, 0.4) is 0 Å². The zero-order valence-corrected chi connectivity index (χ0v) is 7.07. The van der Waals surface area contributed by atoms with Gasteiger partial charge in [-0.25, -0.2) is 0 Å². The molecule has 0 aromatic carbocycles. The van der Waals surface area contributed by atoms with Crippen molar-refractivity contribution < 1.29 is 0 Å². The molecule has 2 atom stereocenters. The first-order valence-corrected chi connectivity index (χ1v) is 4.49. The van der Waals surface area contributed by atoms with Gasteiger partial charge in [-0.3, -0.25) is 0 Å². The van der Waals surface area contributed by atoms with Crippen molar-refractivity contribution in [1.82, 2.24) is 0 Å². The van der Waals surface area contributed by atoms with E-state index in [-0.39, 0.29) is 0 Å². The van der Waals surface area contributed by atoms with Crippen molar-refractivity contribution in [3.8, 4) is 0 Å². The molecule has 1 aliphatic rings. The van der Waals surface area contributed by atoms with Gasteiger partial charge in [-0.05, 0) is 43.0 Å². The molecule has 2 heteroatoms. The molecule has 0 spiro atoms. The van der Waals surface area contributed by atoms with Gasteiger partial charge in [-0.2, -0.15) is 0 Å². The summed E-state index contributed by atoms with van der Waals surface area (Å²) in [5.74, 6) is 1.43. The molecule has 58 valence electrons. The van der Waals surface area contributed by atoms with Gasteiger partial charge in [0.1, 0.15) is 0 Å². The van der Waals surface area contributed by atoms with Crippen LogP contribution in [0.2, 0.25) is 0 Å². The summed E-state index contributed by atoms with van der Waals surface area (Å²) >= 11 is 4.91. The van der Waals surface area contributed by atoms with Crippen LogP contribution in [0.25, 0.3) is 0 Å². The highest BCUT2D eigenvalue weighted by molar-refractivity contribution is 7.79. The molecular weight excluding hydrogens is 142 g/mol. The van der Waals surface area contributed by atoms with E-state index in [9.17, 15) is 0 Å². The Kier molecular flexibility index (Phi) is 3.29. The average molecular weight is 157 g/mol. The van der Waals surface area contributed by atoms with E-state index < -0.39 is 0 Å². The van der Waals surface area contributed by atoms with Gasteiger partial charge in [0.25, 0.3) is 0 Å². The van der Waals surface area contributed by atoms with E-state index in [1.807, 2.05) is 5.37 Å². The van der Waals surface area contributed by atoms with Crippen molar-refractivity contribution in [2.75, 3.05) is 6.54 Å². The van der Waals surface area contributed by atoms with Crippen molar-refractivity contribution in [3.05, 3.63) is 0 Å². The summed E-state index contributed by atoms with van der Waals surface area (Å²) < 4.78 is 0. The Morgan fingerprint density at radius 2 is 2.30 bits per heavy atom. The summed E-state index contributed by atoms with van der Waals surface area (Å²) in [5, 5.41) is 1.92. The van der Waals surface area contributed by atoms with E-state index in [1.165, 1.54) is 25.7 Å². The minimum absolute atomic E-state index is 0.678. The molecule has 0 heterocycles. The standard InChI is InChI=1S/C8H15NS/c9-5-7-2-1-3-8(4-7)6-10/h6-8H,1-5,9H2/t7-,8+/m0/s1. The number of thiocarbonyl (C=S) groups is 1. The Morgan fingerprint density at radius 1 is 1.50 bits per heavy atom. The van der Waals surface area contributed by atoms with Crippen molar-refractivity contribution in [3.63, 3.8) is 0 Å². The molecule has 0 aromatic heterocycles. The van der Waals surface area contributed by atoms with Crippen molar-refractivity contribution in [2.24, 2.45) is 17.6 Å². The fraction of sp³-hybridized carbons (Fsp3) is 0.875. The molecule has 0 aromatic rings. The quantitative estimate of drug-likeness (QED) is 0.618. The van der Waals surface area contributed by atoms with Crippen LogP contribution < -0.4 is 5.73 Å². The zero-order chi connectivity index (χ0) is 7.40. The number of hydrogen-bond acceptors (Lipinski definition) is 2. The smallest absolute Gasteiger partial charge is 0.00486 e. The maximum atomic E-state index is 5.57. The fourth-order valence-corrected chi connectivity index (χ4v) is 1.92. The van der Waals surface area contributed by atoms with Crippen LogP contribution in [0.4, 0.5) is 0 Å². The molecule has 1 nitrogen and oxygen atoms in total. The van der Waals surface area contributed by atoms with Gasteiger partial charge in [0.2, 0.25) is 0 Å². The summed E-state index contributed by atoms with van der Waals surface area (Å²) in [7, 11) is 0. The molecule has 0 aliphatic heterocycles. The molecule has 0 unspecified atom stereocenters. The fourth-order valence-electron chi connectivity index (χ4n) is 1.67. The Balaban J connectivity index is 2.31. The van der Waals surface area contributed by atoms with E-state index in [0.29, 0.717) is 5.92 Å². The van der Waals surface area contributed by atoms with Gasteiger partial charge < -0.3 is 5.73 Å². The van der Waals surface area contributed by atoms with Crippen LogP contribution in [0.1, 0.15) is 25.7 Å². The third-order valence-corrected chi connectivity index (χ3v) is 2.73. The second kappa shape index (κ2) is 4.04. The molecular formula is C8H15NS. The third kappa shape index (κ3) is 2.03. The van der Waals surface area contributed by atoms with Gasteiger partial charge in [-0.1, -0.05) is 18.6 Å². The lowest BCUT2D eigenvalue weighted by Gasteiger charge is -2.25. The molecule has 1 aliphatic carbocycles. The minimum atomic E-state index is 0.678. The Hall–Kier alpha value is 0.0500. The van der Waals surface area contributed by atoms with E-state index in [1.54, 1.807) is 0 Å². The molecule has 1 saturated carbocycles. The molecule has 0 radical (unpaired) electrons. The third-order valence-electron chi connectivity index (χ3n) is 2.35. The molecule has 0 bridgehead atoms. The summed E-state index contributed by atoms with van der Waals surface area (Å²) in [6.07, 6.45) is 5.16. The second-order valence-electron chi connectivity index (χ2n) is 3.16. The second-order valence-corrected chi connectivity index (χ2v) is 3.44. The molecule has 1 fully saturated rings. The zero-order valence-electron chi connectivity index (χ0n) is 6.25. The van der Waals surface area contributed by atoms with Gasteiger partial charge in [0.05, 0.1) is 0 Å². The Morgan fingerprint density at radius 3 is 2.90 bits per heavy atom. The van der Waals surface area contributed by atoms with Gasteiger partial charge in [0.15, 0.2) is 0 Å². The van der Waals surface area contributed by atoms with Gasteiger partial charge in [-0.15, -0.1) is 0 Å². The first-order valence-electron chi connectivity index (χ1n) is 4.02. The summed E-state index contributed by atoms with van der Waals surface area (Å²) in [4.78, 5) is 0. The van der Waals surface area contributed by atoms with Crippen LogP contribution in [-0.4, -0.2) is 11.9 Å². The van der Waals surface area contributed by atoms with Crippen LogP contribution in [0.15, 0.2) is 0 Å². The highest BCUT2D eigenvalue weighted by Gasteiger charge is 2.18. The normalized spacial score (nSPS) is 33.7. The molecule has 2 N–H and O–H groups in total. The predicted octanol–water partition coefficient (Wildman–Crippen LogP) is 1.75. The predicted molar refractivity (Wildman–Crippen MR) is 48.2 cm³/mol. The minimum Gasteiger partial charge on any atom is -0.330 e. The summed E-state index contributed by atoms with van der Waals surface area (Å²) in [5.41, 5.74) is 5.57. The van der Waals surface area contributed by atoms with Gasteiger partial charge in [0, 0.05) is 0 Å². The van der Waals surface area contributed by atoms with Crippen molar-refractivity contribution in [1.29, 1.82) is 0 Å². The first-order chi connectivity index (χ1) is 4.86. The topological polar surface area (TPSA) is 26.0 Å². The number of rotatable bonds is 2. The average Bonchev–Trinajstić information content (AvgIpc) is 2.05. The lowest BCUT2D eigenvalue weighted by atomic mass is 9.82. The maximum Gasteiger partial charge on any atom is -0.00486 e. The van der Waals surface area contributed by atoms with E-state index in [2.05, 4.69) is 0 Å². The lowest BCUT2D eigenvalue weighted by Crippen LogP contribution is -2.22. The van der Waals surface area contributed by atoms with Crippen LogP contribution in [0.5, 0.6) is 0 Å². The van der Waals surface area contributed by atoms with E-state index in [4.69, 9.17) is 18.0 Å². The van der Waals surface area contributed by atoms with E-state index >= 15 is 0 Å². The highest BCUT2D eigenvalue weighted by Crippen LogP contribution is 2.26. The summed E-state index contributed by atoms with van der Waals surface area (Å²) in [6.45, 7) is 0.847. The molecule has 1 rings (SSSR count). The Labute approximate surface area is 68.0 Å². The van der Waals surface area contributed by atoms with Crippen LogP contribution in [-0.2, 0) is 0 Å². The van der Waals surface area contributed by atoms with Crippen LogP contribution >= 0.6 is 12.2 Å². The van der Waals surface area contributed by atoms with Gasteiger partial charge >= 0.3 is 0 Å². The monoisotopic (exact) mass is 157 g/mol. The van der Waals surface area contributed by atoms with Crippen molar-refractivity contribution >= 4 is 17.6 Å². The SMILES string of the molecule is NC[C@H]1CCC[C@@H](C=S)C1.